The highest BCUT2D eigenvalue weighted by atomic mass is 19.1. The Balaban J connectivity index is 1.70. The first-order valence-electron chi connectivity index (χ1n) is 9.72. The van der Waals surface area contributed by atoms with E-state index < -0.39 is 0 Å². The second kappa shape index (κ2) is 8.20. The predicted octanol–water partition coefficient (Wildman–Crippen LogP) is 4.03. The molecular formula is C22H25FN4O. The lowest BCUT2D eigenvalue weighted by Crippen LogP contribution is -2.36. The lowest BCUT2D eigenvalue weighted by atomic mass is 10.0. The summed E-state index contributed by atoms with van der Waals surface area (Å²) < 4.78 is 20.6. The van der Waals surface area contributed by atoms with Gasteiger partial charge in [-0.15, -0.1) is 5.10 Å². The number of hydrogen-bond donors (Lipinski definition) is 0. The van der Waals surface area contributed by atoms with Crippen molar-refractivity contribution in [2.24, 2.45) is 0 Å². The van der Waals surface area contributed by atoms with E-state index in [0.717, 1.165) is 49.2 Å². The van der Waals surface area contributed by atoms with Gasteiger partial charge in [0.05, 0.1) is 25.4 Å². The van der Waals surface area contributed by atoms with Crippen molar-refractivity contribution in [3.63, 3.8) is 0 Å². The lowest BCUT2D eigenvalue weighted by molar-refractivity contribution is 0.0331. The maximum Gasteiger partial charge on any atom is 0.165 e. The molecule has 146 valence electrons. The van der Waals surface area contributed by atoms with Gasteiger partial charge < -0.3 is 4.74 Å². The summed E-state index contributed by atoms with van der Waals surface area (Å²) >= 11 is 0. The molecule has 0 saturated carbocycles. The van der Waals surface area contributed by atoms with Gasteiger partial charge in [0, 0.05) is 18.7 Å². The third-order valence-electron chi connectivity index (χ3n) is 5.03. The zero-order valence-electron chi connectivity index (χ0n) is 16.3. The van der Waals surface area contributed by atoms with Gasteiger partial charge in [-0.25, -0.2) is 14.1 Å². The Kier molecular flexibility index (Phi) is 5.50. The first-order valence-corrected chi connectivity index (χ1v) is 9.72. The van der Waals surface area contributed by atoms with Crippen LogP contribution in [0.5, 0.6) is 0 Å². The molecule has 0 amide bonds. The van der Waals surface area contributed by atoms with Gasteiger partial charge in [0.1, 0.15) is 5.82 Å². The molecule has 0 radical (unpaired) electrons. The summed E-state index contributed by atoms with van der Waals surface area (Å²) in [7, 11) is 0. The predicted molar refractivity (Wildman–Crippen MR) is 107 cm³/mol. The average Bonchev–Trinajstić information content (AvgIpc) is 3.13. The minimum absolute atomic E-state index is 0.264. The van der Waals surface area contributed by atoms with Crippen molar-refractivity contribution in [2.45, 2.75) is 26.3 Å². The standard InChI is InChI=1S/C22H25FN4O/c1-16(2)17-3-5-18(6-4-17)22-24-21(15-26-11-13-28-14-12-26)25-27(22)20-9-7-19(23)8-10-20/h3-10,16H,11-15H2,1-2H3. The van der Waals surface area contributed by atoms with Crippen LogP contribution in [0.3, 0.4) is 0 Å². The SMILES string of the molecule is CC(C)c1ccc(-c2nc(CN3CCOCC3)nn2-c2ccc(F)cc2)cc1. The highest BCUT2D eigenvalue weighted by Crippen LogP contribution is 2.24. The number of benzene rings is 2. The second-order valence-corrected chi connectivity index (χ2v) is 7.41. The molecule has 1 aromatic heterocycles. The van der Waals surface area contributed by atoms with E-state index in [1.54, 1.807) is 16.8 Å². The van der Waals surface area contributed by atoms with Gasteiger partial charge in [0.15, 0.2) is 11.6 Å². The van der Waals surface area contributed by atoms with Crippen LogP contribution in [0, 0.1) is 5.82 Å². The van der Waals surface area contributed by atoms with Crippen LogP contribution in [-0.4, -0.2) is 46.0 Å². The third-order valence-corrected chi connectivity index (χ3v) is 5.03. The van der Waals surface area contributed by atoms with E-state index in [1.807, 2.05) is 0 Å². The molecule has 6 heteroatoms. The fraction of sp³-hybridized carbons (Fsp3) is 0.364. The number of ether oxygens (including phenoxy) is 1. The smallest absolute Gasteiger partial charge is 0.165 e. The van der Waals surface area contributed by atoms with E-state index in [9.17, 15) is 4.39 Å². The minimum Gasteiger partial charge on any atom is -0.379 e. The topological polar surface area (TPSA) is 43.2 Å². The summed E-state index contributed by atoms with van der Waals surface area (Å²) in [6.07, 6.45) is 0. The molecule has 0 unspecified atom stereocenters. The minimum atomic E-state index is -0.264. The Bertz CT molecular complexity index is 913. The zero-order valence-corrected chi connectivity index (χ0v) is 16.3. The molecule has 4 rings (SSSR count). The van der Waals surface area contributed by atoms with Gasteiger partial charge in [0.25, 0.3) is 0 Å². The first-order chi connectivity index (χ1) is 13.6. The molecule has 1 aliphatic rings. The third kappa shape index (κ3) is 4.13. The van der Waals surface area contributed by atoms with Crippen molar-refractivity contribution < 1.29 is 9.13 Å². The number of rotatable bonds is 5. The largest absolute Gasteiger partial charge is 0.379 e. The highest BCUT2D eigenvalue weighted by molar-refractivity contribution is 5.58. The summed E-state index contributed by atoms with van der Waals surface area (Å²) in [5.74, 6) is 1.74. The van der Waals surface area contributed by atoms with Crippen molar-refractivity contribution in [3.05, 3.63) is 65.7 Å². The highest BCUT2D eigenvalue weighted by Gasteiger charge is 2.18. The monoisotopic (exact) mass is 380 g/mol. The van der Waals surface area contributed by atoms with Crippen LogP contribution in [0.15, 0.2) is 48.5 Å². The van der Waals surface area contributed by atoms with Crippen molar-refractivity contribution in [1.29, 1.82) is 0 Å². The van der Waals surface area contributed by atoms with Gasteiger partial charge in [0.2, 0.25) is 0 Å². The van der Waals surface area contributed by atoms with E-state index in [-0.39, 0.29) is 5.82 Å². The van der Waals surface area contributed by atoms with Crippen LogP contribution in [-0.2, 0) is 11.3 Å². The Morgan fingerprint density at radius 3 is 2.32 bits per heavy atom. The fourth-order valence-corrected chi connectivity index (χ4v) is 3.35. The van der Waals surface area contributed by atoms with Crippen LogP contribution in [0.1, 0.15) is 31.2 Å². The Hall–Kier alpha value is -2.57. The molecule has 0 atom stereocenters. The van der Waals surface area contributed by atoms with Gasteiger partial charge >= 0.3 is 0 Å². The molecule has 0 spiro atoms. The lowest BCUT2D eigenvalue weighted by Gasteiger charge is -2.25. The van der Waals surface area contributed by atoms with Crippen molar-refractivity contribution in [3.8, 4) is 17.1 Å². The van der Waals surface area contributed by atoms with Crippen molar-refractivity contribution in [1.82, 2.24) is 19.7 Å². The molecule has 0 bridgehead atoms. The molecular weight excluding hydrogens is 355 g/mol. The maximum atomic E-state index is 13.4. The van der Waals surface area contributed by atoms with E-state index >= 15 is 0 Å². The number of hydrogen-bond acceptors (Lipinski definition) is 4. The van der Waals surface area contributed by atoms with Crippen LogP contribution in [0.2, 0.25) is 0 Å². The molecule has 2 heterocycles. The number of morpholine rings is 1. The van der Waals surface area contributed by atoms with Gasteiger partial charge in [-0.1, -0.05) is 38.1 Å². The summed E-state index contributed by atoms with van der Waals surface area (Å²) in [4.78, 5) is 7.11. The molecule has 2 aromatic carbocycles. The quantitative estimate of drug-likeness (QED) is 0.670. The summed E-state index contributed by atoms with van der Waals surface area (Å²) in [5, 5.41) is 4.74. The molecule has 3 aromatic rings. The molecule has 1 aliphatic heterocycles. The second-order valence-electron chi connectivity index (χ2n) is 7.41. The van der Waals surface area contributed by atoms with Crippen LogP contribution >= 0.6 is 0 Å². The van der Waals surface area contributed by atoms with Gasteiger partial charge in [-0.2, -0.15) is 0 Å². The average molecular weight is 380 g/mol. The van der Waals surface area contributed by atoms with E-state index in [4.69, 9.17) is 14.8 Å². The first kappa shape index (κ1) is 18.8. The Morgan fingerprint density at radius 1 is 1.00 bits per heavy atom. The molecule has 5 nitrogen and oxygen atoms in total. The van der Waals surface area contributed by atoms with Crippen LogP contribution < -0.4 is 0 Å². The summed E-state index contributed by atoms with van der Waals surface area (Å²) in [5.41, 5.74) is 3.07. The van der Waals surface area contributed by atoms with Gasteiger partial charge in [-0.3, -0.25) is 4.90 Å². The fourth-order valence-electron chi connectivity index (χ4n) is 3.35. The molecule has 28 heavy (non-hydrogen) atoms. The van der Waals surface area contributed by atoms with Crippen molar-refractivity contribution in [2.75, 3.05) is 26.3 Å². The summed E-state index contributed by atoms with van der Waals surface area (Å²) in [6.45, 7) is 8.26. The molecule has 1 saturated heterocycles. The molecule has 1 fully saturated rings. The molecule has 0 N–H and O–H groups in total. The van der Waals surface area contributed by atoms with Crippen molar-refractivity contribution >= 4 is 0 Å². The van der Waals surface area contributed by atoms with E-state index in [2.05, 4.69) is 43.0 Å². The number of halogens is 1. The molecule has 0 aliphatic carbocycles. The Morgan fingerprint density at radius 2 is 1.68 bits per heavy atom. The van der Waals surface area contributed by atoms with E-state index in [0.29, 0.717) is 12.5 Å². The zero-order chi connectivity index (χ0) is 19.5. The Labute approximate surface area is 164 Å². The number of nitrogens with zero attached hydrogens (tertiary/aromatic N) is 4. The van der Waals surface area contributed by atoms with Crippen LogP contribution in [0.25, 0.3) is 17.1 Å². The van der Waals surface area contributed by atoms with Gasteiger partial charge in [-0.05, 0) is 35.7 Å². The maximum absolute atomic E-state index is 13.4. The summed E-state index contributed by atoms with van der Waals surface area (Å²) in [6, 6.07) is 14.8. The van der Waals surface area contributed by atoms with Crippen LogP contribution in [0.4, 0.5) is 4.39 Å². The number of aromatic nitrogens is 3. The van der Waals surface area contributed by atoms with E-state index in [1.165, 1.54) is 17.7 Å². The normalized spacial score (nSPS) is 15.3.